The van der Waals surface area contributed by atoms with Crippen LogP contribution in [0.4, 0.5) is 5.69 Å². The van der Waals surface area contributed by atoms with E-state index in [1.54, 1.807) is 7.11 Å². The number of benzene rings is 3. The molecule has 0 radical (unpaired) electrons. The van der Waals surface area contributed by atoms with E-state index in [1.165, 1.54) is 0 Å². The molecule has 4 aromatic rings. The SMILES string of the molecule is COc1ccccc1-c1nn(Cc2ccccc2)cc1[C@@H]1Nc2ccccc2C(=O)N1C[C@H]1CCCO1. The predicted octanol–water partition coefficient (Wildman–Crippen LogP) is 5.35. The third-order valence-corrected chi connectivity index (χ3v) is 7.08. The van der Waals surface area contributed by atoms with E-state index in [-0.39, 0.29) is 12.0 Å². The number of anilines is 1. The standard InChI is InChI=1S/C30H30N4O3/c1-36-27-16-8-6-14-24(27)28-25(20-33(32-28)18-21-10-3-2-4-11-21)29-31-26-15-7-5-13-23(26)30(35)34(29)19-22-12-9-17-37-22/h2-8,10-11,13-16,20,22,29,31H,9,12,17-19H2,1H3/t22-,29-/m1/s1. The zero-order chi connectivity index (χ0) is 25.2. The minimum absolute atomic E-state index is 0.00311. The quantitative estimate of drug-likeness (QED) is 0.375. The van der Waals surface area contributed by atoms with Crippen LogP contribution in [0, 0.1) is 0 Å². The van der Waals surface area contributed by atoms with Crippen molar-refractivity contribution >= 4 is 11.6 Å². The molecule has 0 aliphatic carbocycles. The van der Waals surface area contributed by atoms with Crippen LogP contribution in [0.15, 0.2) is 85.1 Å². The summed E-state index contributed by atoms with van der Waals surface area (Å²) < 4.78 is 13.6. The number of fused-ring (bicyclic) bond motifs is 1. The summed E-state index contributed by atoms with van der Waals surface area (Å²) in [5.74, 6) is 0.735. The van der Waals surface area contributed by atoms with Crippen molar-refractivity contribution in [2.45, 2.75) is 31.7 Å². The number of para-hydroxylation sites is 2. The van der Waals surface area contributed by atoms with Crippen molar-refractivity contribution in [2.24, 2.45) is 0 Å². The van der Waals surface area contributed by atoms with Gasteiger partial charge < -0.3 is 19.7 Å². The average molecular weight is 495 g/mol. The van der Waals surface area contributed by atoms with E-state index >= 15 is 0 Å². The van der Waals surface area contributed by atoms with Gasteiger partial charge in [-0.1, -0.05) is 54.6 Å². The molecular weight excluding hydrogens is 464 g/mol. The lowest BCUT2D eigenvalue weighted by atomic mass is 10.00. The number of hydrogen-bond acceptors (Lipinski definition) is 5. The van der Waals surface area contributed by atoms with Crippen molar-refractivity contribution < 1.29 is 14.3 Å². The Morgan fingerprint density at radius 2 is 1.76 bits per heavy atom. The zero-order valence-corrected chi connectivity index (χ0v) is 20.8. The van der Waals surface area contributed by atoms with Gasteiger partial charge in [0.15, 0.2) is 0 Å². The van der Waals surface area contributed by atoms with E-state index in [4.69, 9.17) is 14.6 Å². The summed E-state index contributed by atoms with van der Waals surface area (Å²) in [5.41, 5.74) is 5.24. The number of aromatic nitrogens is 2. The van der Waals surface area contributed by atoms with Crippen LogP contribution in [0.5, 0.6) is 5.75 Å². The molecule has 0 bridgehead atoms. The molecule has 0 unspecified atom stereocenters. The highest BCUT2D eigenvalue weighted by Crippen LogP contribution is 2.40. The maximum atomic E-state index is 13.8. The molecule has 3 aromatic carbocycles. The maximum Gasteiger partial charge on any atom is 0.257 e. The second-order valence-electron chi connectivity index (χ2n) is 9.50. The number of hydrogen-bond donors (Lipinski definition) is 1. The van der Waals surface area contributed by atoms with Gasteiger partial charge in [0.1, 0.15) is 17.6 Å². The lowest BCUT2D eigenvalue weighted by molar-refractivity contribution is 0.0427. The van der Waals surface area contributed by atoms with Gasteiger partial charge in [-0.2, -0.15) is 5.10 Å². The Labute approximate surface area is 216 Å². The number of nitrogens with one attached hydrogen (secondary N) is 1. The number of ether oxygens (including phenoxy) is 2. The molecule has 2 atom stereocenters. The van der Waals surface area contributed by atoms with Crippen LogP contribution in [-0.2, 0) is 11.3 Å². The molecule has 6 rings (SSSR count). The van der Waals surface area contributed by atoms with Gasteiger partial charge in [-0.05, 0) is 42.7 Å². The van der Waals surface area contributed by atoms with Gasteiger partial charge in [0.05, 0.1) is 25.3 Å². The zero-order valence-electron chi connectivity index (χ0n) is 20.8. The molecule has 37 heavy (non-hydrogen) atoms. The van der Waals surface area contributed by atoms with Crippen LogP contribution in [0.1, 0.15) is 40.5 Å². The molecule has 7 heteroatoms. The van der Waals surface area contributed by atoms with Crippen molar-refractivity contribution in [3.8, 4) is 17.0 Å². The molecular formula is C30H30N4O3. The lowest BCUT2D eigenvalue weighted by Gasteiger charge is -2.39. The van der Waals surface area contributed by atoms with Crippen LogP contribution in [0.2, 0.25) is 0 Å². The Balaban J connectivity index is 1.47. The van der Waals surface area contributed by atoms with Crippen LogP contribution in [0.25, 0.3) is 11.3 Å². The third kappa shape index (κ3) is 4.58. The van der Waals surface area contributed by atoms with Gasteiger partial charge in [0.2, 0.25) is 0 Å². The Kier molecular flexibility index (Phi) is 6.37. The normalized spacial score (nSPS) is 18.9. The minimum atomic E-state index is -0.406. The van der Waals surface area contributed by atoms with Crippen LogP contribution < -0.4 is 10.1 Å². The summed E-state index contributed by atoms with van der Waals surface area (Å²) in [5, 5.41) is 8.68. The highest BCUT2D eigenvalue weighted by molar-refractivity contribution is 6.02. The molecule has 2 aliphatic heterocycles. The van der Waals surface area contributed by atoms with Crippen molar-refractivity contribution in [2.75, 3.05) is 25.6 Å². The van der Waals surface area contributed by atoms with E-state index in [0.29, 0.717) is 18.7 Å². The number of rotatable bonds is 7. The van der Waals surface area contributed by atoms with Crippen molar-refractivity contribution in [3.63, 3.8) is 0 Å². The van der Waals surface area contributed by atoms with Crippen LogP contribution >= 0.6 is 0 Å². The highest BCUT2D eigenvalue weighted by atomic mass is 16.5. The smallest absolute Gasteiger partial charge is 0.257 e. The van der Waals surface area contributed by atoms with Crippen LogP contribution in [0.3, 0.4) is 0 Å². The van der Waals surface area contributed by atoms with Gasteiger partial charge >= 0.3 is 0 Å². The second-order valence-corrected chi connectivity index (χ2v) is 9.50. The fourth-order valence-electron chi connectivity index (χ4n) is 5.27. The van der Waals surface area contributed by atoms with Crippen molar-refractivity contribution in [3.05, 3.63) is 102 Å². The molecule has 2 aliphatic rings. The fraction of sp³-hybridized carbons (Fsp3) is 0.267. The Morgan fingerprint density at radius 3 is 2.54 bits per heavy atom. The summed E-state index contributed by atoms with van der Waals surface area (Å²) >= 11 is 0. The largest absolute Gasteiger partial charge is 0.496 e. The molecule has 0 saturated carbocycles. The monoisotopic (exact) mass is 494 g/mol. The van der Waals surface area contributed by atoms with Gasteiger partial charge in [-0.25, -0.2) is 0 Å². The second kappa shape index (κ2) is 10.1. The van der Waals surface area contributed by atoms with Gasteiger partial charge in [0.25, 0.3) is 5.91 Å². The van der Waals surface area contributed by atoms with E-state index < -0.39 is 6.17 Å². The summed E-state index contributed by atoms with van der Waals surface area (Å²) in [4.78, 5) is 15.7. The Hall–Kier alpha value is -4.10. The first kappa shape index (κ1) is 23.3. The molecule has 7 nitrogen and oxygen atoms in total. The van der Waals surface area contributed by atoms with E-state index in [2.05, 4.69) is 23.6 Å². The molecule has 188 valence electrons. The molecule has 1 saturated heterocycles. The molecule has 3 heterocycles. The molecule has 1 amide bonds. The van der Waals surface area contributed by atoms with E-state index in [0.717, 1.165) is 53.3 Å². The topological polar surface area (TPSA) is 68.6 Å². The Morgan fingerprint density at radius 1 is 1.00 bits per heavy atom. The first-order chi connectivity index (χ1) is 18.2. The summed E-state index contributed by atoms with van der Waals surface area (Å²) in [7, 11) is 1.67. The molecule has 1 aromatic heterocycles. The maximum absolute atomic E-state index is 13.8. The van der Waals surface area contributed by atoms with E-state index in [1.807, 2.05) is 76.3 Å². The number of methoxy groups -OCH3 is 1. The lowest BCUT2D eigenvalue weighted by Crippen LogP contribution is -2.46. The number of nitrogens with zero attached hydrogens (tertiary/aromatic N) is 3. The third-order valence-electron chi connectivity index (χ3n) is 7.08. The number of amides is 1. The predicted molar refractivity (Wildman–Crippen MR) is 143 cm³/mol. The molecule has 1 fully saturated rings. The first-order valence-electron chi connectivity index (χ1n) is 12.7. The van der Waals surface area contributed by atoms with Gasteiger partial charge in [-0.3, -0.25) is 9.48 Å². The minimum Gasteiger partial charge on any atom is -0.496 e. The van der Waals surface area contributed by atoms with Gasteiger partial charge in [-0.15, -0.1) is 0 Å². The van der Waals surface area contributed by atoms with Crippen molar-refractivity contribution in [1.29, 1.82) is 0 Å². The first-order valence-corrected chi connectivity index (χ1v) is 12.7. The Bertz CT molecular complexity index is 1390. The summed E-state index contributed by atoms with van der Waals surface area (Å²) in [6, 6.07) is 25.8. The van der Waals surface area contributed by atoms with Crippen molar-refractivity contribution in [1.82, 2.24) is 14.7 Å². The fourth-order valence-corrected chi connectivity index (χ4v) is 5.27. The van der Waals surface area contributed by atoms with E-state index in [9.17, 15) is 4.79 Å². The summed E-state index contributed by atoms with van der Waals surface area (Å²) in [6.45, 7) is 1.87. The molecule has 0 spiro atoms. The number of carbonyl (C=O) groups is 1. The summed E-state index contributed by atoms with van der Waals surface area (Å²) in [6.07, 6.45) is 3.63. The average Bonchev–Trinajstić information content (AvgIpc) is 3.61. The number of carbonyl (C=O) groups excluding carboxylic acids is 1. The van der Waals surface area contributed by atoms with Crippen LogP contribution in [-0.4, -0.2) is 47.0 Å². The van der Waals surface area contributed by atoms with Gasteiger partial charge in [0, 0.05) is 36.2 Å². The highest BCUT2D eigenvalue weighted by Gasteiger charge is 2.37. The molecule has 1 N–H and O–H groups in total.